The Balaban J connectivity index is 0. The Hall–Kier alpha value is -0.210. The van der Waals surface area contributed by atoms with Crippen LogP contribution in [0.25, 0.3) is 0 Å². The van der Waals surface area contributed by atoms with Gasteiger partial charge in [-0.25, -0.2) is 8.37 Å². The van der Waals surface area contributed by atoms with E-state index < -0.39 is 10.4 Å². The molecular formula is C8H21NO5S. The van der Waals surface area contributed by atoms with Crippen molar-refractivity contribution in [3.05, 3.63) is 0 Å². The Labute approximate surface area is 92.0 Å². The van der Waals surface area contributed by atoms with Gasteiger partial charge in [0.1, 0.15) is 0 Å². The zero-order valence-corrected chi connectivity index (χ0v) is 10.4. The minimum absolute atomic E-state index is 0.113. The van der Waals surface area contributed by atoms with Crippen LogP contribution in [0.15, 0.2) is 0 Å². The smallest absolute Gasteiger partial charge is 0.380 e. The number of nitrogens with two attached hydrogens (primary N) is 1. The van der Waals surface area contributed by atoms with Crippen molar-refractivity contribution in [1.82, 2.24) is 0 Å². The standard InChI is InChI=1S/C4H11NO.C4H10O4S/c1-2-6-4-3-5;1-3-7-9(5,6)8-4-2/h2-5H2,1H3;3-4H2,1-2H3. The lowest BCUT2D eigenvalue weighted by Crippen LogP contribution is -2.09. The van der Waals surface area contributed by atoms with Crippen molar-refractivity contribution in [3.63, 3.8) is 0 Å². The lowest BCUT2D eigenvalue weighted by atomic mass is 10.7. The van der Waals surface area contributed by atoms with E-state index in [1.807, 2.05) is 6.92 Å². The summed E-state index contributed by atoms with van der Waals surface area (Å²) >= 11 is 0. The van der Waals surface area contributed by atoms with Crippen LogP contribution in [0.5, 0.6) is 0 Å². The fraction of sp³-hybridized carbons (Fsp3) is 1.00. The van der Waals surface area contributed by atoms with Gasteiger partial charge in [-0.1, -0.05) is 0 Å². The normalized spacial score (nSPS) is 10.7. The molecule has 0 aliphatic rings. The van der Waals surface area contributed by atoms with Crippen LogP contribution in [-0.4, -0.2) is 41.4 Å². The van der Waals surface area contributed by atoms with E-state index in [2.05, 4.69) is 8.37 Å². The minimum Gasteiger partial charge on any atom is -0.380 e. The average Bonchev–Trinajstić information content (AvgIpc) is 2.15. The number of rotatable bonds is 7. The monoisotopic (exact) mass is 243 g/mol. The maximum Gasteiger partial charge on any atom is 0.399 e. The second-order valence-electron chi connectivity index (χ2n) is 2.21. The van der Waals surface area contributed by atoms with Gasteiger partial charge >= 0.3 is 10.4 Å². The zero-order chi connectivity index (χ0) is 12.2. The maximum absolute atomic E-state index is 10.4. The highest BCUT2D eigenvalue weighted by molar-refractivity contribution is 7.81. The first kappa shape index (κ1) is 17.2. The Morgan fingerprint density at radius 1 is 1.00 bits per heavy atom. The van der Waals surface area contributed by atoms with Crippen LogP contribution < -0.4 is 5.73 Å². The molecule has 0 bridgehead atoms. The molecule has 0 radical (unpaired) electrons. The van der Waals surface area contributed by atoms with Crippen LogP contribution in [0.1, 0.15) is 20.8 Å². The molecule has 0 aromatic heterocycles. The molecule has 0 rings (SSSR count). The van der Waals surface area contributed by atoms with Crippen molar-refractivity contribution in [1.29, 1.82) is 0 Å². The van der Waals surface area contributed by atoms with E-state index in [0.29, 0.717) is 13.2 Å². The van der Waals surface area contributed by atoms with Gasteiger partial charge in [0.25, 0.3) is 0 Å². The lowest BCUT2D eigenvalue weighted by Gasteiger charge is -1.99. The van der Waals surface area contributed by atoms with E-state index in [-0.39, 0.29) is 13.2 Å². The average molecular weight is 243 g/mol. The molecule has 7 heteroatoms. The number of ether oxygens (including phenoxy) is 1. The van der Waals surface area contributed by atoms with Crippen molar-refractivity contribution in [2.24, 2.45) is 5.73 Å². The molecule has 0 atom stereocenters. The quantitative estimate of drug-likeness (QED) is 0.646. The van der Waals surface area contributed by atoms with Crippen LogP contribution in [0.2, 0.25) is 0 Å². The minimum atomic E-state index is -3.68. The van der Waals surface area contributed by atoms with Gasteiger partial charge in [-0.3, -0.25) is 0 Å². The van der Waals surface area contributed by atoms with Gasteiger partial charge in [-0.2, -0.15) is 8.42 Å². The van der Waals surface area contributed by atoms with Gasteiger partial charge in [-0.05, 0) is 20.8 Å². The summed E-state index contributed by atoms with van der Waals surface area (Å²) in [5.74, 6) is 0. The van der Waals surface area contributed by atoms with Crippen LogP contribution in [-0.2, 0) is 23.5 Å². The maximum atomic E-state index is 10.4. The Morgan fingerprint density at radius 2 is 1.47 bits per heavy atom. The van der Waals surface area contributed by atoms with Gasteiger partial charge in [0, 0.05) is 13.2 Å². The van der Waals surface area contributed by atoms with E-state index in [1.54, 1.807) is 13.8 Å². The second-order valence-corrected chi connectivity index (χ2v) is 3.49. The second kappa shape index (κ2) is 11.9. The summed E-state index contributed by atoms with van der Waals surface area (Å²) in [4.78, 5) is 0. The molecule has 0 amide bonds. The molecule has 0 aliphatic carbocycles. The molecule has 0 saturated carbocycles. The zero-order valence-electron chi connectivity index (χ0n) is 9.56. The first-order valence-electron chi connectivity index (χ1n) is 4.85. The highest BCUT2D eigenvalue weighted by atomic mass is 32.3. The van der Waals surface area contributed by atoms with Gasteiger partial charge in [-0.15, -0.1) is 0 Å². The van der Waals surface area contributed by atoms with Crippen LogP contribution in [0.4, 0.5) is 0 Å². The Morgan fingerprint density at radius 3 is 1.67 bits per heavy atom. The highest BCUT2D eigenvalue weighted by Crippen LogP contribution is 1.93. The summed E-state index contributed by atoms with van der Waals surface area (Å²) in [5.41, 5.74) is 5.09. The molecule has 0 heterocycles. The first-order chi connectivity index (χ1) is 7.04. The van der Waals surface area contributed by atoms with Crippen LogP contribution >= 0.6 is 0 Å². The summed E-state index contributed by atoms with van der Waals surface area (Å²) in [7, 11) is -3.68. The largest absolute Gasteiger partial charge is 0.399 e. The summed E-state index contributed by atoms with van der Waals surface area (Å²) < 4.78 is 34.1. The predicted octanol–water partition coefficient (Wildman–Crippen LogP) is 0.286. The predicted molar refractivity (Wildman–Crippen MR) is 57.7 cm³/mol. The van der Waals surface area contributed by atoms with Crippen molar-refractivity contribution < 1.29 is 21.5 Å². The van der Waals surface area contributed by atoms with Crippen LogP contribution in [0.3, 0.4) is 0 Å². The molecular weight excluding hydrogens is 222 g/mol. The summed E-state index contributed by atoms with van der Waals surface area (Å²) in [6.45, 7) is 7.44. The Kier molecular flexibility index (Phi) is 13.6. The van der Waals surface area contributed by atoms with E-state index in [1.165, 1.54) is 0 Å². The van der Waals surface area contributed by atoms with Crippen LogP contribution in [0, 0.1) is 0 Å². The molecule has 0 spiro atoms. The topological polar surface area (TPSA) is 87.9 Å². The van der Waals surface area contributed by atoms with Gasteiger partial charge < -0.3 is 10.5 Å². The van der Waals surface area contributed by atoms with Crippen molar-refractivity contribution in [2.45, 2.75) is 20.8 Å². The molecule has 0 fully saturated rings. The summed E-state index contributed by atoms with van der Waals surface area (Å²) in [6.07, 6.45) is 0. The number of hydrogen-bond acceptors (Lipinski definition) is 6. The first-order valence-corrected chi connectivity index (χ1v) is 6.18. The molecule has 0 saturated heterocycles. The molecule has 15 heavy (non-hydrogen) atoms. The molecule has 0 aromatic rings. The summed E-state index contributed by atoms with van der Waals surface area (Å²) in [5, 5.41) is 0. The molecule has 94 valence electrons. The van der Waals surface area contributed by atoms with E-state index in [0.717, 1.165) is 6.61 Å². The van der Waals surface area contributed by atoms with Crippen molar-refractivity contribution >= 4 is 10.4 Å². The van der Waals surface area contributed by atoms with Crippen molar-refractivity contribution in [3.8, 4) is 0 Å². The van der Waals surface area contributed by atoms with Gasteiger partial charge in [0.05, 0.1) is 19.8 Å². The third-order valence-corrected chi connectivity index (χ3v) is 2.04. The van der Waals surface area contributed by atoms with Gasteiger partial charge in [0.15, 0.2) is 0 Å². The molecule has 0 aromatic carbocycles. The molecule has 0 aliphatic heterocycles. The number of hydrogen-bond donors (Lipinski definition) is 1. The van der Waals surface area contributed by atoms with Crippen molar-refractivity contribution in [2.75, 3.05) is 33.0 Å². The summed E-state index contributed by atoms with van der Waals surface area (Å²) in [6, 6.07) is 0. The SMILES string of the molecule is CCOCCN.CCOS(=O)(=O)OCC. The third kappa shape index (κ3) is 16.5. The molecule has 2 N–H and O–H groups in total. The fourth-order valence-electron chi connectivity index (χ4n) is 0.550. The Bertz CT molecular complexity index is 189. The fourth-order valence-corrected chi connectivity index (χ4v) is 1.20. The highest BCUT2D eigenvalue weighted by Gasteiger charge is 2.06. The molecule has 0 unspecified atom stereocenters. The van der Waals surface area contributed by atoms with E-state index >= 15 is 0 Å². The van der Waals surface area contributed by atoms with E-state index in [4.69, 9.17) is 10.5 Å². The third-order valence-electron chi connectivity index (χ3n) is 0.991. The lowest BCUT2D eigenvalue weighted by molar-refractivity contribution is 0.155. The van der Waals surface area contributed by atoms with Gasteiger partial charge in [0.2, 0.25) is 0 Å². The van der Waals surface area contributed by atoms with E-state index in [9.17, 15) is 8.42 Å². The molecule has 6 nitrogen and oxygen atoms in total.